The van der Waals surface area contributed by atoms with E-state index in [4.69, 9.17) is 18.0 Å². The van der Waals surface area contributed by atoms with Crippen LogP contribution in [0.5, 0.6) is 0 Å². The van der Waals surface area contributed by atoms with Crippen LogP contribution in [0.2, 0.25) is 0 Å². The summed E-state index contributed by atoms with van der Waals surface area (Å²) in [5, 5.41) is 0. The number of hydrogen-bond acceptors (Lipinski definition) is 3. The Morgan fingerprint density at radius 2 is 1.95 bits per heavy atom. The molecule has 0 heterocycles. The molecule has 0 spiro atoms. The lowest BCUT2D eigenvalue weighted by Crippen LogP contribution is -2.30. The van der Waals surface area contributed by atoms with E-state index in [1.165, 1.54) is 0 Å². The molecule has 4 nitrogen and oxygen atoms in total. The van der Waals surface area contributed by atoms with Crippen molar-refractivity contribution >= 4 is 27.2 Å². The lowest BCUT2D eigenvalue weighted by molar-refractivity contribution is 0.449. The predicted octanol–water partition coefficient (Wildman–Crippen LogP) is 2.37. The number of thiocarbonyl (C=S) groups is 1. The van der Waals surface area contributed by atoms with Gasteiger partial charge in [-0.05, 0) is 42.4 Å². The summed E-state index contributed by atoms with van der Waals surface area (Å²) in [7, 11) is -3.43. The van der Waals surface area contributed by atoms with Crippen molar-refractivity contribution in [1.29, 1.82) is 0 Å². The summed E-state index contributed by atoms with van der Waals surface area (Å²) in [6.45, 7) is 2.67. The van der Waals surface area contributed by atoms with E-state index < -0.39 is 10.0 Å². The molecule has 3 N–H and O–H groups in total. The minimum atomic E-state index is -3.43. The van der Waals surface area contributed by atoms with Gasteiger partial charge in [0.15, 0.2) is 0 Å². The third kappa shape index (κ3) is 4.49. The summed E-state index contributed by atoms with van der Waals surface area (Å²) in [5.74, 6) is 0. The van der Waals surface area contributed by atoms with Crippen LogP contribution in [0, 0.1) is 5.41 Å². The zero-order valence-electron chi connectivity index (χ0n) is 12.3. The van der Waals surface area contributed by atoms with Crippen LogP contribution in [0.15, 0.2) is 29.2 Å². The zero-order valence-corrected chi connectivity index (χ0v) is 13.9. The number of benzene rings is 1. The van der Waals surface area contributed by atoms with Gasteiger partial charge < -0.3 is 5.73 Å². The Balaban J connectivity index is 2.00. The minimum absolute atomic E-state index is 0.202. The molecule has 21 heavy (non-hydrogen) atoms. The van der Waals surface area contributed by atoms with Gasteiger partial charge in [-0.25, -0.2) is 13.1 Å². The van der Waals surface area contributed by atoms with Crippen molar-refractivity contribution in [2.45, 2.75) is 43.9 Å². The standard InChI is InChI=1S/C15H22N2O2S2/c1-2-7-15(8-9-15)11-17-21(18,19)13-5-3-12(4-6-13)10-14(16)20/h3-6,17H,2,7-11H2,1H3,(H2,16,20). The van der Waals surface area contributed by atoms with Gasteiger partial charge in [0.25, 0.3) is 0 Å². The average molecular weight is 326 g/mol. The molecule has 1 fully saturated rings. The first-order valence-electron chi connectivity index (χ1n) is 7.24. The molecule has 1 aliphatic rings. The van der Waals surface area contributed by atoms with Crippen molar-refractivity contribution in [2.24, 2.45) is 11.1 Å². The monoisotopic (exact) mass is 326 g/mol. The molecule has 6 heteroatoms. The Bertz CT molecular complexity index is 605. The highest BCUT2D eigenvalue weighted by atomic mass is 32.2. The van der Waals surface area contributed by atoms with Crippen molar-refractivity contribution in [3.63, 3.8) is 0 Å². The first-order chi connectivity index (χ1) is 9.87. The molecule has 1 aromatic carbocycles. The SMILES string of the molecule is CCCC1(CNS(=O)(=O)c2ccc(CC(N)=S)cc2)CC1. The quantitative estimate of drug-likeness (QED) is 0.720. The summed E-state index contributed by atoms with van der Waals surface area (Å²) >= 11 is 4.85. The first kappa shape index (κ1) is 16.4. The highest BCUT2D eigenvalue weighted by molar-refractivity contribution is 7.89. The van der Waals surface area contributed by atoms with E-state index in [0.717, 1.165) is 31.2 Å². The number of hydrogen-bond donors (Lipinski definition) is 2. The second-order valence-electron chi connectivity index (χ2n) is 5.86. The Morgan fingerprint density at radius 3 is 2.43 bits per heavy atom. The molecule has 0 radical (unpaired) electrons. The average Bonchev–Trinajstić information content (AvgIpc) is 3.17. The van der Waals surface area contributed by atoms with E-state index in [9.17, 15) is 8.42 Å². The van der Waals surface area contributed by atoms with Gasteiger partial charge in [0.05, 0.1) is 9.88 Å². The molecule has 0 bridgehead atoms. The third-order valence-electron chi connectivity index (χ3n) is 3.99. The normalized spacial score (nSPS) is 16.6. The number of nitrogens with two attached hydrogens (primary N) is 1. The molecule has 2 rings (SSSR count). The van der Waals surface area contributed by atoms with Crippen LogP contribution in [-0.4, -0.2) is 20.0 Å². The lowest BCUT2D eigenvalue weighted by Gasteiger charge is -2.15. The smallest absolute Gasteiger partial charge is 0.240 e. The molecule has 116 valence electrons. The Kier molecular flexibility index (Phi) is 5.01. The van der Waals surface area contributed by atoms with E-state index in [0.29, 0.717) is 22.8 Å². The van der Waals surface area contributed by atoms with Gasteiger partial charge in [0, 0.05) is 13.0 Å². The van der Waals surface area contributed by atoms with E-state index in [-0.39, 0.29) is 5.41 Å². The molecule has 0 atom stereocenters. The largest absolute Gasteiger partial charge is 0.393 e. The zero-order chi connectivity index (χ0) is 15.5. The molecule has 0 unspecified atom stereocenters. The van der Waals surface area contributed by atoms with E-state index in [1.54, 1.807) is 24.3 Å². The van der Waals surface area contributed by atoms with Crippen molar-refractivity contribution in [3.05, 3.63) is 29.8 Å². The molecule has 1 aromatic rings. The summed E-state index contributed by atoms with van der Waals surface area (Å²) < 4.78 is 27.3. The van der Waals surface area contributed by atoms with Crippen LogP contribution < -0.4 is 10.5 Å². The van der Waals surface area contributed by atoms with Crippen LogP contribution >= 0.6 is 12.2 Å². The second-order valence-corrected chi connectivity index (χ2v) is 8.15. The van der Waals surface area contributed by atoms with Crippen molar-refractivity contribution in [1.82, 2.24) is 4.72 Å². The molecule has 0 aromatic heterocycles. The molecule has 0 aliphatic heterocycles. The highest BCUT2D eigenvalue weighted by Crippen LogP contribution is 2.49. The van der Waals surface area contributed by atoms with Crippen molar-refractivity contribution < 1.29 is 8.42 Å². The fourth-order valence-corrected chi connectivity index (χ4v) is 3.87. The lowest BCUT2D eigenvalue weighted by atomic mass is 10.0. The topological polar surface area (TPSA) is 72.2 Å². The fourth-order valence-electron chi connectivity index (χ4n) is 2.54. The summed E-state index contributed by atoms with van der Waals surface area (Å²) in [6, 6.07) is 6.73. The third-order valence-corrected chi connectivity index (χ3v) is 5.55. The van der Waals surface area contributed by atoms with Gasteiger partial charge in [-0.2, -0.15) is 0 Å². The molecular weight excluding hydrogens is 304 g/mol. The Hall–Kier alpha value is -0.980. The van der Waals surface area contributed by atoms with Gasteiger partial charge in [0.2, 0.25) is 10.0 Å². The maximum Gasteiger partial charge on any atom is 0.240 e. The highest BCUT2D eigenvalue weighted by Gasteiger charge is 2.42. The maximum absolute atomic E-state index is 12.3. The number of nitrogens with one attached hydrogen (secondary N) is 1. The molecule has 0 saturated heterocycles. The molecule has 1 saturated carbocycles. The van der Waals surface area contributed by atoms with Gasteiger partial charge in [-0.3, -0.25) is 0 Å². The van der Waals surface area contributed by atoms with Crippen LogP contribution in [0.1, 0.15) is 38.2 Å². The van der Waals surface area contributed by atoms with E-state index >= 15 is 0 Å². The van der Waals surface area contributed by atoms with Gasteiger partial charge in [-0.15, -0.1) is 0 Å². The van der Waals surface area contributed by atoms with Crippen LogP contribution in [0.25, 0.3) is 0 Å². The number of rotatable bonds is 8. The summed E-state index contributed by atoms with van der Waals surface area (Å²) in [4.78, 5) is 0.695. The minimum Gasteiger partial charge on any atom is -0.393 e. The maximum atomic E-state index is 12.3. The van der Waals surface area contributed by atoms with Gasteiger partial charge in [-0.1, -0.05) is 37.7 Å². The van der Waals surface area contributed by atoms with E-state index in [2.05, 4.69) is 11.6 Å². The summed E-state index contributed by atoms with van der Waals surface area (Å²) in [5.41, 5.74) is 6.60. The predicted molar refractivity (Wildman–Crippen MR) is 88.7 cm³/mol. The van der Waals surface area contributed by atoms with E-state index in [1.807, 2.05) is 0 Å². The van der Waals surface area contributed by atoms with Gasteiger partial charge in [0.1, 0.15) is 0 Å². The van der Waals surface area contributed by atoms with Crippen LogP contribution in [-0.2, 0) is 16.4 Å². The molecule has 0 amide bonds. The second kappa shape index (κ2) is 6.42. The Morgan fingerprint density at radius 1 is 1.33 bits per heavy atom. The van der Waals surface area contributed by atoms with Crippen LogP contribution in [0.3, 0.4) is 0 Å². The van der Waals surface area contributed by atoms with Crippen molar-refractivity contribution in [2.75, 3.05) is 6.54 Å². The summed E-state index contributed by atoms with van der Waals surface area (Å²) in [6.07, 6.45) is 4.91. The van der Waals surface area contributed by atoms with Gasteiger partial charge >= 0.3 is 0 Å². The first-order valence-corrected chi connectivity index (χ1v) is 9.13. The Labute approximate surface area is 132 Å². The molecule has 1 aliphatic carbocycles. The molecular formula is C15H22N2O2S2. The van der Waals surface area contributed by atoms with Crippen molar-refractivity contribution in [3.8, 4) is 0 Å². The number of sulfonamides is 1. The van der Waals surface area contributed by atoms with Crippen LogP contribution in [0.4, 0.5) is 0 Å². The fraction of sp³-hybridized carbons (Fsp3) is 0.533.